The fourth-order valence-corrected chi connectivity index (χ4v) is 2.82. The summed E-state index contributed by atoms with van der Waals surface area (Å²) in [5, 5.41) is 11.2. The predicted octanol–water partition coefficient (Wildman–Crippen LogP) is 5.72. The number of benzene rings is 3. The van der Waals surface area contributed by atoms with Crippen LogP contribution in [0.1, 0.15) is 21.5 Å². The monoisotopic (exact) mass is 411 g/mol. The molecule has 0 atom stereocenters. The standard InChI is InChI=1S/C23H16F3NO3/c24-23(25,26)17-9-12-19(16-4-2-1-3-5-16)20(14-17)22(30)27-18-10-6-15(7-11-18)8-13-21(28)29/h1-14H,(H,27,30)(H,28,29)/b13-8+. The topological polar surface area (TPSA) is 66.4 Å². The maximum Gasteiger partial charge on any atom is 0.416 e. The first kappa shape index (κ1) is 20.9. The Bertz CT molecular complexity index is 1090. The van der Waals surface area contributed by atoms with Gasteiger partial charge in [0.05, 0.1) is 5.56 Å². The molecule has 0 spiro atoms. The molecule has 2 N–H and O–H groups in total. The maximum atomic E-state index is 13.2. The van der Waals surface area contributed by atoms with Gasteiger partial charge in [0, 0.05) is 17.3 Å². The van der Waals surface area contributed by atoms with Gasteiger partial charge in [-0.15, -0.1) is 0 Å². The van der Waals surface area contributed by atoms with Crippen LogP contribution in [0.3, 0.4) is 0 Å². The Labute approximate surface area is 170 Å². The smallest absolute Gasteiger partial charge is 0.416 e. The van der Waals surface area contributed by atoms with E-state index in [1.807, 2.05) is 0 Å². The van der Waals surface area contributed by atoms with Gasteiger partial charge in [-0.25, -0.2) is 4.79 Å². The third-order valence-electron chi connectivity index (χ3n) is 4.26. The molecule has 152 valence electrons. The second-order valence-electron chi connectivity index (χ2n) is 6.37. The zero-order chi connectivity index (χ0) is 21.7. The second kappa shape index (κ2) is 8.65. The van der Waals surface area contributed by atoms with Crippen LogP contribution in [-0.4, -0.2) is 17.0 Å². The van der Waals surface area contributed by atoms with E-state index in [1.54, 1.807) is 42.5 Å². The van der Waals surface area contributed by atoms with Gasteiger partial charge in [-0.2, -0.15) is 13.2 Å². The first-order valence-electron chi connectivity index (χ1n) is 8.83. The SMILES string of the molecule is O=C(O)/C=C/c1ccc(NC(=O)c2cc(C(F)(F)F)ccc2-c2ccccc2)cc1. The van der Waals surface area contributed by atoms with Crippen LogP contribution < -0.4 is 5.32 Å². The number of carbonyl (C=O) groups excluding carboxylic acids is 1. The molecule has 0 bridgehead atoms. The highest BCUT2D eigenvalue weighted by atomic mass is 19.4. The van der Waals surface area contributed by atoms with Crippen molar-refractivity contribution in [2.45, 2.75) is 6.18 Å². The quantitative estimate of drug-likeness (QED) is 0.528. The van der Waals surface area contributed by atoms with E-state index in [0.717, 1.165) is 18.2 Å². The van der Waals surface area contributed by atoms with E-state index < -0.39 is 23.6 Å². The minimum Gasteiger partial charge on any atom is -0.478 e. The Hall–Kier alpha value is -3.87. The average molecular weight is 411 g/mol. The Morgan fingerprint density at radius 3 is 2.17 bits per heavy atom. The van der Waals surface area contributed by atoms with Crippen molar-refractivity contribution in [2.75, 3.05) is 5.32 Å². The first-order chi connectivity index (χ1) is 14.2. The van der Waals surface area contributed by atoms with Crippen molar-refractivity contribution in [3.63, 3.8) is 0 Å². The Kier molecular flexibility index (Phi) is 6.01. The maximum absolute atomic E-state index is 13.2. The zero-order valence-corrected chi connectivity index (χ0v) is 15.5. The van der Waals surface area contributed by atoms with E-state index in [9.17, 15) is 22.8 Å². The molecule has 0 heterocycles. The second-order valence-corrected chi connectivity index (χ2v) is 6.37. The summed E-state index contributed by atoms with van der Waals surface area (Å²) in [6.45, 7) is 0. The van der Waals surface area contributed by atoms with Gasteiger partial charge < -0.3 is 10.4 Å². The van der Waals surface area contributed by atoms with Gasteiger partial charge in [-0.3, -0.25) is 4.79 Å². The molecule has 0 saturated carbocycles. The van der Waals surface area contributed by atoms with Crippen LogP contribution in [-0.2, 0) is 11.0 Å². The molecular weight excluding hydrogens is 395 g/mol. The van der Waals surface area contributed by atoms with Gasteiger partial charge in [0.15, 0.2) is 0 Å². The highest BCUT2D eigenvalue weighted by Crippen LogP contribution is 2.33. The van der Waals surface area contributed by atoms with E-state index in [2.05, 4.69) is 5.32 Å². The van der Waals surface area contributed by atoms with Crippen LogP contribution in [0.4, 0.5) is 18.9 Å². The van der Waals surface area contributed by atoms with Crippen LogP contribution in [0, 0.1) is 0 Å². The molecule has 4 nitrogen and oxygen atoms in total. The lowest BCUT2D eigenvalue weighted by atomic mass is 9.96. The summed E-state index contributed by atoms with van der Waals surface area (Å²) >= 11 is 0. The normalized spacial score (nSPS) is 11.4. The van der Waals surface area contributed by atoms with E-state index in [4.69, 9.17) is 5.11 Å². The molecule has 0 aromatic heterocycles. The van der Waals surface area contributed by atoms with Crippen molar-refractivity contribution >= 4 is 23.6 Å². The van der Waals surface area contributed by atoms with Crippen molar-refractivity contribution in [3.8, 4) is 11.1 Å². The first-order valence-corrected chi connectivity index (χ1v) is 8.83. The fraction of sp³-hybridized carbons (Fsp3) is 0.0435. The summed E-state index contributed by atoms with van der Waals surface area (Å²) in [6.07, 6.45) is -2.22. The van der Waals surface area contributed by atoms with E-state index in [0.29, 0.717) is 22.4 Å². The van der Waals surface area contributed by atoms with Gasteiger partial charge in [0.25, 0.3) is 5.91 Å². The highest BCUT2D eigenvalue weighted by molar-refractivity contribution is 6.09. The molecule has 0 fully saturated rings. The number of carbonyl (C=O) groups is 2. The van der Waals surface area contributed by atoms with Crippen molar-refractivity contribution in [3.05, 3.63) is 95.6 Å². The molecule has 0 unspecified atom stereocenters. The van der Waals surface area contributed by atoms with E-state index >= 15 is 0 Å². The summed E-state index contributed by atoms with van der Waals surface area (Å²) in [5.41, 5.74) is 0.934. The number of rotatable bonds is 5. The molecule has 1 amide bonds. The molecule has 3 aromatic carbocycles. The number of aliphatic carboxylic acids is 1. The lowest BCUT2D eigenvalue weighted by molar-refractivity contribution is -0.137. The zero-order valence-electron chi connectivity index (χ0n) is 15.5. The summed E-state index contributed by atoms with van der Waals surface area (Å²) in [7, 11) is 0. The Balaban J connectivity index is 1.93. The van der Waals surface area contributed by atoms with Crippen molar-refractivity contribution in [1.29, 1.82) is 0 Å². The molecule has 0 aliphatic carbocycles. The number of carboxylic acid groups (broad SMARTS) is 1. The summed E-state index contributed by atoms with van der Waals surface area (Å²) < 4.78 is 39.6. The van der Waals surface area contributed by atoms with Crippen molar-refractivity contribution in [2.24, 2.45) is 0 Å². The molecule has 0 saturated heterocycles. The fourth-order valence-electron chi connectivity index (χ4n) is 2.82. The number of amides is 1. The summed E-state index contributed by atoms with van der Waals surface area (Å²) in [5.74, 6) is -1.78. The highest BCUT2D eigenvalue weighted by Gasteiger charge is 2.32. The number of anilines is 1. The average Bonchev–Trinajstić information content (AvgIpc) is 2.72. The number of halogens is 3. The Morgan fingerprint density at radius 2 is 1.57 bits per heavy atom. The van der Waals surface area contributed by atoms with Gasteiger partial charge in [0.1, 0.15) is 0 Å². The lowest BCUT2D eigenvalue weighted by Gasteiger charge is -2.14. The van der Waals surface area contributed by atoms with Gasteiger partial charge in [-0.1, -0.05) is 48.5 Å². The minimum atomic E-state index is -4.58. The van der Waals surface area contributed by atoms with Crippen molar-refractivity contribution < 1.29 is 27.9 Å². The van der Waals surface area contributed by atoms with Gasteiger partial charge in [-0.05, 0) is 47.0 Å². The van der Waals surface area contributed by atoms with Crippen LogP contribution in [0.25, 0.3) is 17.2 Å². The molecule has 7 heteroatoms. The molecule has 3 rings (SSSR count). The van der Waals surface area contributed by atoms with Crippen LogP contribution in [0.15, 0.2) is 78.9 Å². The van der Waals surface area contributed by atoms with Crippen LogP contribution >= 0.6 is 0 Å². The number of hydrogen-bond acceptors (Lipinski definition) is 2. The minimum absolute atomic E-state index is 0.106. The van der Waals surface area contributed by atoms with Crippen LogP contribution in [0.5, 0.6) is 0 Å². The summed E-state index contributed by atoms with van der Waals surface area (Å²) in [6, 6.07) is 18.0. The predicted molar refractivity (Wildman–Crippen MR) is 108 cm³/mol. The van der Waals surface area contributed by atoms with Gasteiger partial charge in [0.2, 0.25) is 0 Å². The molecular formula is C23H16F3NO3. The molecule has 30 heavy (non-hydrogen) atoms. The molecule has 0 radical (unpaired) electrons. The lowest BCUT2D eigenvalue weighted by Crippen LogP contribution is -2.15. The largest absolute Gasteiger partial charge is 0.478 e. The number of carboxylic acids is 1. The van der Waals surface area contributed by atoms with E-state index in [-0.39, 0.29) is 5.56 Å². The molecule has 0 aliphatic rings. The molecule has 0 aliphatic heterocycles. The Morgan fingerprint density at radius 1 is 0.900 bits per heavy atom. The third-order valence-corrected chi connectivity index (χ3v) is 4.26. The number of alkyl halides is 3. The third kappa shape index (κ3) is 5.14. The number of hydrogen-bond donors (Lipinski definition) is 2. The van der Waals surface area contributed by atoms with Crippen molar-refractivity contribution in [1.82, 2.24) is 0 Å². The van der Waals surface area contributed by atoms with Gasteiger partial charge >= 0.3 is 12.1 Å². The molecule has 3 aromatic rings. The summed E-state index contributed by atoms with van der Waals surface area (Å²) in [4.78, 5) is 23.4. The van der Waals surface area contributed by atoms with E-state index in [1.165, 1.54) is 24.3 Å². The number of nitrogens with one attached hydrogen (secondary N) is 1. The van der Waals surface area contributed by atoms with Crippen LogP contribution in [0.2, 0.25) is 0 Å².